The molecule has 3 aromatic rings. The number of fused-ring (bicyclic) bond motifs is 3. The number of hydrogen-bond donors (Lipinski definition) is 0. The highest BCUT2D eigenvalue weighted by molar-refractivity contribution is 6.35. The van der Waals surface area contributed by atoms with E-state index >= 15 is 0 Å². The van der Waals surface area contributed by atoms with Crippen molar-refractivity contribution < 1.29 is 18.0 Å². The van der Waals surface area contributed by atoms with Crippen molar-refractivity contribution in [1.82, 2.24) is 19.4 Å². The van der Waals surface area contributed by atoms with Crippen LogP contribution >= 0.6 is 11.6 Å². The second kappa shape index (κ2) is 6.27. The molecule has 0 spiro atoms. The molecule has 132 valence electrons. The van der Waals surface area contributed by atoms with Gasteiger partial charge in [-0.05, 0) is 31.8 Å². The van der Waals surface area contributed by atoms with Crippen LogP contribution in [0.3, 0.4) is 0 Å². The minimum atomic E-state index is -4.44. The Morgan fingerprint density at radius 1 is 1.28 bits per heavy atom. The zero-order valence-corrected chi connectivity index (χ0v) is 14.2. The number of aldehydes is 1. The van der Waals surface area contributed by atoms with E-state index in [1.165, 1.54) is 0 Å². The smallest absolute Gasteiger partial charge is 0.327 e. The third-order valence-corrected chi connectivity index (χ3v) is 3.94. The van der Waals surface area contributed by atoms with Crippen molar-refractivity contribution in [1.29, 1.82) is 0 Å². The molecular formula is C16H14ClF3N4O. The SMILES string of the molecule is CN(C)Cc1ccc2c(c1)c1nc(C=O)nc(Cl)c1n2CC(F)(F)F. The first-order valence-corrected chi connectivity index (χ1v) is 7.72. The van der Waals surface area contributed by atoms with Crippen LogP contribution in [0.5, 0.6) is 0 Å². The summed E-state index contributed by atoms with van der Waals surface area (Å²) in [6, 6.07) is 5.14. The standard InChI is InChI=1S/C16H14ClF3N4O/c1-23(2)6-9-3-4-11-10(5-9)13-14(24(11)8-16(18,19)20)15(17)22-12(7-25)21-13/h3-5,7H,6,8H2,1-2H3. The van der Waals surface area contributed by atoms with Crippen LogP contribution in [0.2, 0.25) is 5.15 Å². The van der Waals surface area contributed by atoms with Gasteiger partial charge >= 0.3 is 6.18 Å². The maximum absolute atomic E-state index is 13.0. The van der Waals surface area contributed by atoms with E-state index in [-0.39, 0.29) is 22.0 Å². The predicted octanol–water partition coefficient (Wildman–Crippen LogP) is 3.67. The molecule has 0 bridgehead atoms. The number of rotatable bonds is 4. The Morgan fingerprint density at radius 3 is 2.60 bits per heavy atom. The number of alkyl halides is 3. The highest BCUT2D eigenvalue weighted by Gasteiger charge is 2.31. The molecule has 2 aromatic heterocycles. The monoisotopic (exact) mass is 370 g/mol. The number of aromatic nitrogens is 3. The largest absolute Gasteiger partial charge is 0.406 e. The fourth-order valence-corrected chi connectivity index (χ4v) is 3.14. The zero-order valence-electron chi connectivity index (χ0n) is 13.4. The number of carbonyl (C=O) groups excluding carboxylic acids is 1. The van der Waals surface area contributed by atoms with E-state index in [2.05, 4.69) is 9.97 Å². The summed E-state index contributed by atoms with van der Waals surface area (Å²) in [7, 11) is 3.78. The molecule has 0 saturated carbocycles. The van der Waals surface area contributed by atoms with Gasteiger partial charge in [-0.1, -0.05) is 17.7 Å². The van der Waals surface area contributed by atoms with Gasteiger partial charge in [-0.3, -0.25) is 4.79 Å². The van der Waals surface area contributed by atoms with Gasteiger partial charge in [-0.2, -0.15) is 13.2 Å². The average molecular weight is 371 g/mol. The maximum atomic E-state index is 13.0. The molecule has 9 heteroatoms. The quantitative estimate of drug-likeness (QED) is 0.519. The van der Waals surface area contributed by atoms with Crippen LogP contribution in [0.1, 0.15) is 16.2 Å². The topological polar surface area (TPSA) is 51.0 Å². The zero-order chi connectivity index (χ0) is 18.4. The number of halogens is 4. The molecule has 5 nitrogen and oxygen atoms in total. The Hall–Kier alpha value is -2.19. The Bertz CT molecular complexity index is 966. The van der Waals surface area contributed by atoms with Crippen LogP contribution < -0.4 is 0 Å². The van der Waals surface area contributed by atoms with Crippen LogP contribution in [0, 0.1) is 0 Å². The normalized spacial score (nSPS) is 12.4. The lowest BCUT2D eigenvalue weighted by Gasteiger charge is -2.12. The van der Waals surface area contributed by atoms with Gasteiger partial charge in [0.1, 0.15) is 17.6 Å². The van der Waals surface area contributed by atoms with Gasteiger partial charge in [0.25, 0.3) is 0 Å². The van der Waals surface area contributed by atoms with Gasteiger partial charge in [-0.15, -0.1) is 0 Å². The van der Waals surface area contributed by atoms with E-state index in [4.69, 9.17) is 11.6 Å². The van der Waals surface area contributed by atoms with Crippen molar-refractivity contribution >= 4 is 39.8 Å². The minimum absolute atomic E-state index is 0.0709. The molecule has 0 radical (unpaired) electrons. The van der Waals surface area contributed by atoms with Crippen molar-refractivity contribution in [3.8, 4) is 0 Å². The second-order valence-corrected chi connectivity index (χ2v) is 6.34. The maximum Gasteiger partial charge on any atom is 0.406 e. The first-order valence-electron chi connectivity index (χ1n) is 7.34. The van der Waals surface area contributed by atoms with Crippen molar-refractivity contribution in [2.24, 2.45) is 0 Å². The lowest BCUT2D eigenvalue weighted by molar-refractivity contribution is -0.139. The average Bonchev–Trinajstić information content (AvgIpc) is 2.79. The molecule has 3 rings (SSSR count). The lowest BCUT2D eigenvalue weighted by atomic mass is 10.1. The van der Waals surface area contributed by atoms with Crippen molar-refractivity contribution in [2.75, 3.05) is 14.1 Å². The van der Waals surface area contributed by atoms with E-state index in [1.807, 2.05) is 19.0 Å². The molecule has 0 fully saturated rings. The number of carbonyl (C=O) groups is 1. The van der Waals surface area contributed by atoms with E-state index in [9.17, 15) is 18.0 Å². The molecule has 0 N–H and O–H groups in total. The lowest BCUT2D eigenvalue weighted by Crippen LogP contribution is -2.17. The summed E-state index contributed by atoms with van der Waals surface area (Å²) in [6.45, 7) is -0.606. The highest BCUT2D eigenvalue weighted by atomic mass is 35.5. The Labute approximate surface area is 146 Å². The second-order valence-electron chi connectivity index (χ2n) is 5.98. The van der Waals surface area contributed by atoms with Crippen molar-refractivity contribution in [3.63, 3.8) is 0 Å². The van der Waals surface area contributed by atoms with Gasteiger partial charge < -0.3 is 9.47 Å². The van der Waals surface area contributed by atoms with Crippen LogP contribution in [0.25, 0.3) is 21.9 Å². The van der Waals surface area contributed by atoms with E-state index in [0.29, 0.717) is 23.7 Å². The van der Waals surface area contributed by atoms with Crippen LogP contribution in [0.15, 0.2) is 18.2 Å². The fourth-order valence-electron chi connectivity index (χ4n) is 2.86. The van der Waals surface area contributed by atoms with E-state index in [1.54, 1.807) is 18.2 Å². The first kappa shape index (κ1) is 17.6. The van der Waals surface area contributed by atoms with Crippen molar-refractivity contribution in [3.05, 3.63) is 34.7 Å². The first-order chi connectivity index (χ1) is 11.7. The molecule has 0 saturated heterocycles. The molecule has 0 atom stereocenters. The van der Waals surface area contributed by atoms with Crippen molar-refractivity contribution in [2.45, 2.75) is 19.3 Å². The third kappa shape index (κ3) is 3.45. The van der Waals surface area contributed by atoms with Gasteiger partial charge in [0.15, 0.2) is 17.3 Å². The van der Waals surface area contributed by atoms with Gasteiger partial charge in [0.05, 0.1) is 5.52 Å². The van der Waals surface area contributed by atoms with Crippen LogP contribution in [-0.2, 0) is 13.1 Å². The summed E-state index contributed by atoms with van der Waals surface area (Å²) in [6.07, 6.45) is -4.02. The van der Waals surface area contributed by atoms with E-state index in [0.717, 1.165) is 10.1 Å². The number of hydrogen-bond acceptors (Lipinski definition) is 4. The summed E-state index contributed by atoms with van der Waals surface area (Å²) in [5, 5.41) is 0.327. The molecule has 1 aromatic carbocycles. The Kier molecular flexibility index (Phi) is 4.42. The Morgan fingerprint density at radius 2 is 2.00 bits per heavy atom. The molecule has 0 aliphatic heterocycles. The summed E-state index contributed by atoms with van der Waals surface area (Å²) < 4.78 is 40.1. The molecule has 25 heavy (non-hydrogen) atoms. The molecule has 0 unspecified atom stereocenters. The summed E-state index contributed by atoms with van der Waals surface area (Å²) in [5.41, 5.74) is 1.56. The fraction of sp³-hybridized carbons (Fsp3) is 0.312. The van der Waals surface area contributed by atoms with Gasteiger partial charge in [-0.25, -0.2) is 9.97 Å². The number of benzene rings is 1. The molecule has 2 heterocycles. The highest BCUT2D eigenvalue weighted by Crippen LogP contribution is 2.34. The summed E-state index contributed by atoms with van der Waals surface area (Å²) in [5.74, 6) is -0.165. The summed E-state index contributed by atoms with van der Waals surface area (Å²) >= 11 is 6.06. The van der Waals surface area contributed by atoms with Crippen LogP contribution in [0.4, 0.5) is 13.2 Å². The van der Waals surface area contributed by atoms with Crippen LogP contribution in [-0.4, -0.2) is 46.0 Å². The summed E-state index contributed by atoms with van der Waals surface area (Å²) in [4.78, 5) is 20.8. The predicted molar refractivity (Wildman–Crippen MR) is 88.9 cm³/mol. The molecule has 0 aliphatic rings. The minimum Gasteiger partial charge on any atom is -0.327 e. The van der Waals surface area contributed by atoms with Gasteiger partial charge in [0.2, 0.25) is 0 Å². The van der Waals surface area contributed by atoms with E-state index < -0.39 is 12.7 Å². The third-order valence-electron chi connectivity index (χ3n) is 3.68. The molecule has 0 amide bonds. The number of nitrogens with zero attached hydrogens (tertiary/aromatic N) is 4. The Balaban J connectivity index is 2.36. The van der Waals surface area contributed by atoms with Gasteiger partial charge in [0, 0.05) is 11.9 Å². The molecule has 0 aliphatic carbocycles. The molecular weight excluding hydrogens is 357 g/mol.